The van der Waals surface area contributed by atoms with Crippen LogP contribution in [0.5, 0.6) is 0 Å². The van der Waals surface area contributed by atoms with Crippen LogP contribution < -0.4 is 5.32 Å². The summed E-state index contributed by atoms with van der Waals surface area (Å²) in [6.45, 7) is 5.95. The molecule has 1 fully saturated rings. The van der Waals surface area contributed by atoms with Gasteiger partial charge in [0.25, 0.3) is 0 Å². The van der Waals surface area contributed by atoms with E-state index in [4.69, 9.17) is 0 Å². The lowest BCUT2D eigenvalue weighted by atomic mass is 10.2. The van der Waals surface area contributed by atoms with Crippen molar-refractivity contribution in [2.45, 2.75) is 26.8 Å². The summed E-state index contributed by atoms with van der Waals surface area (Å²) in [5.41, 5.74) is 4.05. The normalized spacial score (nSPS) is 17.1. The molecular formula is C22H27N3O4S. The zero-order chi connectivity index (χ0) is 21.9. The molecule has 0 saturated carbocycles. The molecule has 30 heavy (non-hydrogen) atoms. The van der Waals surface area contributed by atoms with E-state index in [0.29, 0.717) is 0 Å². The Balaban J connectivity index is 1.63. The Hall–Kier alpha value is -2.87. The third-order valence-corrected chi connectivity index (χ3v) is 6.89. The van der Waals surface area contributed by atoms with Crippen LogP contribution in [0.2, 0.25) is 0 Å². The fourth-order valence-corrected chi connectivity index (χ4v) is 4.83. The zero-order valence-corrected chi connectivity index (χ0v) is 18.3. The van der Waals surface area contributed by atoms with Crippen molar-refractivity contribution in [2.24, 2.45) is 0 Å². The number of aromatic nitrogens is 1. The van der Waals surface area contributed by atoms with Crippen LogP contribution in [0.15, 0.2) is 42.5 Å². The predicted octanol–water partition coefficient (Wildman–Crippen LogP) is 1.87. The number of nitrogens with zero attached hydrogens (tertiary/aromatic N) is 2. The summed E-state index contributed by atoms with van der Waals surface area (Å²) in [6.07, 6.45) is 3.16. The number of rotatable bonds is 5. The highest BCUT2D eigenvalue weighted by molar-refractivity contribution is 7.91. The quantitative estimate of drug-likeness (QED) is 0.735. The van der Waals surface area contributed by atoms with Crippen molar-refractivity contribution in [3.8, 4) is 5.69 Å². The van der Waals surface area contributed by atoms with Gasteiger partial charge < -0.3 is 14.8 Å². The van der Waals surface area contributed by atoms with Gasteiger partial charge in [-0.25, -0.2) is 8.42 Å². The first-order valence-electron chi connectivity index (χ1n) is 9.90. The van der Waals surface area contributed by atoms with Crippen LogP contribution in [0.25, 0.3) is 11.8 Å². The number of benzene rings is 1. The van der Waals surface area contributed by atoms with E-state index in [1.165, 1.54) is 11.0 Å². The van der Waals surface area contributed by atoms with Crippen molar-refractivity contribution in [3.05, 3.63) is 59.4 Å². The lowest BCUT2D eigenvalue weighted by Crippen LogP contribution is -2.51. The highest BCUT2D eigenvalue weighted by Gasteiger charge is 2.28. The van der Waals surface area contributed by atoms with Gasteiger partial charge in [0.15, 0.2) is 9.84 Å². The summed E-state index contributed by atoms with van der Waals surface area (Å²) < 4.78 is 25.1. The maximum absolute atomic E-state index is 12.5. The predicted molar refractivity (Wildman–Crippen MR) is 117 cm³/mol. The highest BCUT2D eigenvalue weighted by atomic mass is 32.2. The van der Waals surface area contributed by atoms with E-state index in [1.54, 1.807) is 13.0 Å². The van der Waals surface area contributed by atoms with Crippen LogP contribution in [0.4, 0.5) is 0 Å². The molecule has 0 radical (unpaired) electrons. The molecule has 1 unspecified atom stereocenters. The number of hydrogen-bond donors (Lipinski definition) is 1. The standard InChI is InChI=1S/C22H27N3O4S/c1-16-15-19(18(3)25(16)20-7-5-4-6-8-20)9-10-21(26)23-17(2)22(27)24-11-13-30(28,29)14-12-24/h4-10,15,17H,11-14H2,1-3H3,(H,23,26)/b10-9+. The van der Waals surface area contributed by atoms with Gasteiger partial charge in [-0.2, -0.15) is 0 Å². The van der Waals surface area contributed by atoms with E-state index >= 15 is 0 Å². The summed E-state index contributed by atoms with van der Waals surface area (Å²) in [7, 11) is -3.06. The topological polar surface area (TPSA) is 88.5 Å². The second-order valence-corrected chi connectivity index (χ2v) is 9.84. The van der Waals surface area contributed by atoms with Crippen molar-refractivity contribution >= 4 is 27.7 Å². The number of sulfone groups is 1. The SMILES string of the molecule is Cc1cc(/C=C/C(=O)NC(C)C(=O)N2CCS(=O)(=O)CC2)c(C)n1-c1ccccc1. The van der Waals surface area contributed by atoms with Crippen molar-refractivity contribution < 1.29 is 18.0 Å². The molecule has 1 aromatic heterocycles. The summed E-state index contributed by atoms with van der Waals surface area (Å²) in [6, 6.07) is 11.3. The van der Waals surface area contributed by atoms with Crippen LogP contribution in [0, 0.1) is 13.8 Å². The highest BCUT2D eigenvalue weighted by Crippen LogP contribution is 2.21. The second kappa shape index (κ2) is 8.87. The van der Waals surface area contributed by atoms with Crippen LogP contribution in [-0.4, -0.2) is 60.3 Å². The van der Waals surface area contributed by atoms with E-state index in [2.05, 4.69) is 9.88 Å². The van der Waals surface area contributed by atoms with Gasteiger partial charge in [-0.3, -0.25) is 9.59 Å². The number of nitrogens with one attached hydrogen (secondary N) is 1. The maximum atomic E-state index is 12.5. The van der Waals surface area contributed by atoms with Gasteiger partial charge in [0.2, 0.25) is 11.8 Å². The average Bonchev–Trinajstić information content (AvgIpc) is 2.99. The Kier molecular flexibility index (Phi) is 6.45. The monoisotopic (exact) mass is 429 g/mol. The number of carbonyl (C=O) groups excluding carboxylic acids is 2. The molecule has 3 rings (SSSR count). The molecule has 1 aromatic carbocycles. The first-order chi connectivity index (χ1) is 14.2. The maximum Gasteiger partial charge on any atom is 0.244 e. The van der Waals surface area contributed by atoms with Gasteiger partial charge in [-0.15, -0.1) is 0 Å². The van der Waals surface area contributed by atoms with E-state index in [1.807, 2.05) is 50.2 Å². The molecule has 1 aliphatic rings. The van der Waals surface area contributed by atoms with Crippen LogP contribution in [-0.2, 0) is 19.4 Å². The lowest BCUT2D eigenvalue weighted by Gasteiger charge is -2.29. The molecule has 0 bridgehead atoms. The summed E-state index contributed by atoms with van der Waals surface area (Å²) in [5.74, 6) is -0.703. The molecule has 7 nitrogen and oxygen atoms in total. The van der Waals surface area contributed by atoms with Crippen molar-refractivity contribution in [1.82, 2.24) is 14.8 Å². The average molecular weight is 430 g/mol. The van der Waals surface area contributed by atoms with E-state index in [0.717, 1.165) is 22.6 Å². The molecule has 2 heterocycles. The van der Waals surface area contributed by atoms with E-state index in [9.17, 15) is 18.0 Å². The molecule has 8 heteroatoms. The molecule has 160 valence electrons. The van der Waals surface area contributed by atoms with Gasteiger partial charge in [0.05, 0.1) is 11.5 Å². The Bertz CT molecular complexity index is 1060. The van der Waals surface area contributed by atoms with Crippen LogP contribution in [0.3, 0.4) is 0 Å². The molecule has 0 spiro atoms. The lowest BCUT2D eigenvalue weighted by molar-refractivity contribution is -0.134. The summed E-state index contributed by atoms with van der Waals surface area (Å²) in [4.78, 5) is 26.3. The largest absolute Gasteiger partial charge is 0.341 e. The van der Waals surface area contributed by atoms with Crippen molar-refractivity contribution in [1.29, 1.82) is 0 Å². The number of para-hydroxylation sites is 1. The molecule has 2 aromatic rings. The van der Waals surface area contributed by atoms with Gasteiger partial charge >= 0.3 is 0 Å². The van der Waals surface area contributed by atoms with E-state index < -0.39 is 15.9 Å². The molecule has 1 atom stereocenters. The minimum Gasteiger partial charge on any atom is -0.341 e. The van der Waals surface area contributed by atoms with Crippen LogP contribution >= 0.6 is 0 Å². The fourth-order valence-electron chi connectivity index (χ4n) is 3.63. The number of hydrogen-bond acceptors (Lipinski definition) is 4. The first kappa shape index (κ1) is 21.8. The van der Waals surface area contributed by atoms with Gasteiger partial charge in [-0.1, -0.05) is 18.2 Å². The third-order valence-electron chi connectivity index (χ3n) is 5.28. The molecule has 1 saturated heterocycles. The minimum atomic E-state index is -3.06. The number of amides is 2. The second-order valence-electron chi connectivity index (χ2n) is 7.54. The molecule has 0 aliphatic carbocycles. The Morgan fingerprint density at radius 1 is 1.10 bits per heavy atom. The fraction of sp³-hybridized carbons (Fsp3) is 0.364. The number of aryl methyl sites for hydroxylation is 1. The zero-order valence-electron chi connectivity index (χ0n) is 17.5. The molecule has 1 aliphatic heterocycles. The van der Waals surface area contributed by atoms with Crippen molar-refractivity contribution in [2.75, 3.05) is 24.6 Å². The summed E-state index contributed by atoms with van der Waals surface area (Å²) in [5, 5.41) is 2.67. The molecule has 1 N–H and O–H groups in total. The Morgan fingerprint density at radius 3 is 2.37 bits per heavy atom. The van der Waals surface area contributed by atoms with Gasteiger partial charge in [0.1, 0.15) is 6.04 Å². The Morgan fingerprint density at radius 2 is 1.73 bits per heavy atom. The third kappa shape index (κ3) is 4.99. The van der Waals surface area contributed by atoms with Gasteiger partial charge in [0, 0.05) is 36.2 Å². The van der Waals surface area contributed by atoms with Gasteiger partial charge in [-0.05, 0) is 50.6 Å². The van der Waals surface area contributed by atoms with Crippen LogP contribution in [0.1, 0.15) is 23.9 Å². The molecule has 2 amide bonds. The Labute approximate surface area is 177 Å². The van der Waals surface area contributed by atoms with E-state index in [-0.39, 0.29) is 36.4 Å². The molecular weight excluding hydrogens is 402 g/mol. The number of carbonyl (C=O) groups is 2. The smallest absolute Gasteiger partial charge is 0.244 e. The minimum absolute atomic E-state index is 0.0314. The first-order valence-corrected chi connectivity index (χ1v) is 11.7. The summed E-state index contributed by atoms with van der Waals surface area (Å²) >= 11 is 0. The van der Waals surface area contributed by atoms with Crippen molar-refractivity contribution in [3.63, 3.8) is 0 Å².